The van der Waals surface area contributed by atoms with Crippen LogP contribution < -0.4 is 10.9 Å². The largest absolute Gasteiger partial charge is 0.423 e. The van der Waals surface area contributed by atoms with Gasteiger partial charge in [0.15, 0.2) is 5.76 Å². The topological polar surface area (TPSA) is 93.0 Å². The molecule has 158 valence electrons. The second-order valence-electron chi connectivity index (χ2n) is 7.29. The van der Waals surface area contributed by atoms with Crippen LogP contribution in [-0.4, -0.2) is 21.6 Å². The van der Waals surface area contributed by atoms with Crippen LogP contribution in [0, 0.1) is 13.8 Å². The highest BCUT2D eigenvalue weighted by molar-refractivity contribution is 5.68. The molecule has 0 aliphatic carbocycles. The first kappa shape index (κ1) is 20.6. The zero-order valence-corrected chi connectivity index (χ0v) is 17.7. The Labute approximate surface area is 180 Å². The van der Waals surface area contributed by atoms with Gasteiger partial charge in [0.2, 0.25) is 0 Å². The molecule has 0 amide bonds. The molecule has 4 rings (SSSR count). The fourth-order valence-electron chi connectivity index (χ4n) is 3.21. The van der Waals surface area contributed by atoms with Gasteiger partial charge in [0, 0.05) is 30.3 Å². The lowest BCUT2D eigenvalue weighted by Crippen LogP contribution is -2.09. The third-order valence-electron chi connectivity index (χ3n) is 4.89. The Morgan fingerprint density at radius 1 is 1.13 bits per heavy atom. The summed E-state index contributed by atoms with van der Waals surface area (Å²) in [6, 6.07) is 12.0. The molecule has 3 heterocycles. The number of oxazole rings is 1. The lowest BCUT2D eigenvalue weighted by molar-refractivity contribution is 0.134. The number of anilines is 2. The van der Waals surface area contributed by atoms with Gasteiger partial charge >= 0.3 is 0 Å². The van der Waals surface area contributed by atoms with Crippen molar-refractivity contribution in [2.75, 3.05) is 11.9 Å². The summed E-state index contributed by atoms with van der Waals surface area (Å²) in [5.74, 6) is 0.582. The molecule has 2 N–H and O–H groups in total. The van der Waals surface area contributed by atoms with Gasteiger partial charge in [-0.3, -0.25) is 9.78 Å². The Balaban J connectivity index is 1.59. The molecule has 0 spiro atoms. The van der Waals surface area contributed by atoms with Gasteiger partial charge < -0.3 is 19.5 Å². The fraction of sp³-hybridized carbons (Fsp3) is 0.208. The Kier molecular flexibility index (Phi) is 5.95. The van der Waals surface area contributed by atoms with E-state index in [0.717, 1.165) is 27.9 Å². The zero-order chi connectivity index (χ0) is 21.8. The van der Waals surface area contributed by atoms with Crippen molar-refractivity contribution >= 4 is 11.7 Å². The third-order valence-corrected chi connectivity index (χ3v) is 4.89. The highest BCUT2D eigenvalue weighted by Gasteiger charge is 2.12. The first-order valence-corrected chi connectivity index (χ1v) is 10.1. The summed E-state index contributed by atoms with van der Waals surface area (Å²) >= 11 is 0. The molecule has 0 aliphatic heterocycles. The molecule has 4 aromatic rings. The van der Waals surface area contributed by atoms with Gasteiger partial charge in [0.1, 0.15) is 0 Å². The molecule has 31 heavy (non-hydrogen) atoms. The molecule has 0 aliphatic rings. The van der Waals surface area contributed by atoms with Gasteiger partial charge in [-0.25, -0.2) is 4.98 Å². The number of rotatable bonds is 7. The smallest absolute Gasteiger partial charge is 0.299 e. The van der Waals surface area contributed by atoms with Crippen molar-refractivity contribution in [3.05, 3.63) is 82.0 Å². The normalized spacial score (nSPS) is 10.9. The number of nitrogens with one attached hydrogen (secondary N) is 2. The van der Waals surface area contributed by atoms with Crippen LogP contribution in [0.15, 0.2) is 64.2 Å². The van der Waals surface area contributed by atoms with Crippen LogP contribution in [-0.2, 0) is 11.3 Å². The van der Waals surface area contributed by atoms with E-state index in [-0.39, 0.29) is 5.56 Å². The summed E-state index contributed by atoms with van der Waals surface area (Å²) in [5.41, 5.74) is 5.70. The summed E-state index contributed by atoms with van der Waals surface area (Å²) in [6.45, 7) is 7.14. The Bertz CT molecular complexity index is 1260. The number of hydrogen-bond donors (Lipinski definition) is 2. The van der Waals surface area contributed by atoms with Crippen LogP contribution in [0.4, 0.5) is 11.7 Å². The highest BCUT2D eigenvalue weighted by atomic mass is 16.5. The van der Waals surface area contributed by atoms with Crippen molar-refractivity contribution in [3.8, 4) is 22.6 Å². The van der Waals surface area contributed by atoms with E-state index in [1.807, 2.05) is 57.2 Å². The molecule has 3 aromatic heterocycles. The van der Waals surface area contributed by atoms with E-state index >= 15 is 0 Å². The second-order valence-corrected chi connectivity index (χ2v) is 7.29. The van der Waals surface area contributed by atoms with Gasteiger partial charge in [-0.05, 0) is 61.7 Å². The van der Waals surface area contributed by atoms with Crippen molar-refractivity contribution < 1.29 is 9.15 Å². The number of nitrogens with zero attached hydrogens (tertiary/aromatic N) is 2. The lowest BCUT2D eigenvalue weighted by Gasteiger charge is -2.09. The molecule has 7 heteroatoms. The Morgan fingerprint density at radius 3 is 2.84 bits per heavy atom. The number of benzene rings is 1. The van der Waals surface area contributed by atoms with E-state index in [1.165, 1.54) is 0 Å². The van der Waals surface area contributed by atoms with Crippen molar-refractivity contribution in [2.45, 2.75) is 27.4 Å². The van der Waals surface area contributed by atoms with Crippen molar-refractivity contribution in [1.82, 2.24) is 15.0 Å². The van der Waals surface area contributed by atoms with Crippen molar-refractivity contribution in [1.29, 1.82) is 0 Å². The number of aromatic nitrogens is 3. The van der Waals surface area contributed by atoms with E-state index in [2.05, 4.69) is 20.3 Å². The van der Waals surface area contributed by atoms with Crippen molar-refractivity contribution in [2.24, 2.45) is 0 Å². The van der Waals surface area contributed by atoms with Gasteiger partial charge in [-0.15, -0.1) is 0 Å². The van der Waals surface area contributed by atoms with Gasteiger partial charge in [-0.2, -0.15) is 0 Å². The van der Waals surface area contributed by atoms with E-state index < -0.39 is 0 Å². The average molecular weight is 416 g/mol. The number of aromatic amines is 1. The van der Waals surface area contributed by atoms with Crippen LogP contribution in [0.25, 0.3) is 22.6 Å². The average Bonchev–Trinajstić information content (AvgIpc) is 3.24. The Hall–Kier alpha value is -3.71. The maximum absolute atomic E-state index is 12.2. The molecule has 0 fully saturated rings. The maximum atomic E-state index is 12.2. The molecular weight excluding hydrogens is 392 g/mol. The van der Waals surface area contributed by atoms with E-state index in [0.29, 0.717) is 36.2 Å². The minimum absolute atomic E-state index is 0.183. The summed E-state index contributed by atoms with van der Waals surface area (Å²) in [5, 5.41) is 3.24. The second kappa shape index (κ2) is 8.97. The molecule has 0 saturated carbocycles. The molecule has 0 bridgehead atoms. The number of hydrogen-bond acceptors (Lipinski definition) is 6. The molecule has 0 saturated heterocycles. The highest BCUT2D eigenvalue weighted by Crippen LogP contribution is 2.28. The molecule has 0 unspecified atom stereocenters. The monoisotopic (exact) mass is 416 g/mol. The van der Waals surface area contributed by atoms with Gasteiger partial charge in [0.25, 0.3) is 11.6 Å². The minimum Gasteiger partial charge on any atom is -0.423 e. The fourth-order valence-corrected chi connectivity index (χ4v) is 3.21. The van der Waals surface area contributed by atoms with E-state index in [1.54, 1.807) is 18.6 Å². The summed E-state index contributed by atoms with van der Waals surface area (Å²) in [6.07, 6.45) is 4.99. The molecule has 0 atom stereocenters. The first-order chi connectivity index (χ1) is 15.0. The molecular formula is C24H24N4O3. The minimum atomic E-state index is -0.183. The molecule has 0 radical (unpaired) electrons. The number of aryl methyl sites for hydroxylation is 2. The van der Waals surface area contributed by atoms with Crippen LogP contribution in [0.5, 0.6) is 0 Å². The zero-order valence-electron chi connectivity index (χ0n) is 17.7. The van der Waals surface area contributed by atoms with E-state index in [4.69, 9.17) is 9.15 Å². The summed E-state index contributed by atoms with van der Waals surface area (Å²) < 4.78 is 11.4. The van der Waals surface area contributed by atoms with Crippen LogP contribution in [0.3, 0.4) is 0 Å². The SMILES string of the molecule is CCOCc1ccc(C)c(Nc2ncc(-c3ccnc(-c4cc(C)c[nH]c4=O)c3)o2)c1. The Morgan fingerprint density at radius 2 is 2.00 bits per heavy atom. The van der Waals surface area contributed by atoms with E-state index in [9.17, 15) is 4.79 Å². The summed E-state index contributed by atoms with van der Waals surface area (Å²) in [4.78, 5) is 23.6. The standard InChI is InChI=1S/C24H24N4O3/c1-4-30-14-17-6-5-16(3)20(10-17)28-24-27-13-22(31-24)18-7-8-25-21(11-18)19-9-15(2)12-26-23(19)29/h5-13H,4,14H2,1-3H3,(H,26,29)(H,27,28). The predicted molar refractivity (Wildman–Crippen MR) is 120 cm³/mol. The maximum Gasteiger partial charge on any atom is 0.299 e. The van der Waals surface area contributed by atoms with Gasteiger partial charge in [0.05, 0.1) is 24.1 Å². The summed E-state index contributed by atoms with van der Waals surface area (Å²) in [7, 11) is 0. The van der Waals surface area contributed by atoms with Gasteiger partial charge in [-0.1, -0.05) is 12.1 Å². The first-order valence-electron chi connectivity index (χ1n) is 10.1. The molecule has 7 nitrogen and oxygen atoms in total. The number of pyridine rings is 2. The lowest BCUT2D eigenvalue weighted by atomic mass is 10.1. The molecule has 1 aromatic carbocycles. The predicted octanol–water partition coefficient (Wildman–Crippen LogP) is 4.99. The third kappa shape index (κ3) is 4.73. The number of ether oxygens (including phenoxy) is 1. The number of H-pyrrole nitrogens is 1. The van der Waals surface area contributed by atoms with Crippen molar-refractivity contribution in [3.63, 3.8) is 0 Å². The van der Waals surface area contributed by atoms with Crippen LogP contribution >= 0.6 is 0 Å². The van der Waals surface area contributed by atoms with Crippen LogP contribution in [0.1, 0.15) is 23.6 Å². The van der Waals surface area contributed by atoms with Crippen LogP contribution in [0.2, 0.25) is 0 Å². The quantitative estimate of drug-likeness (QED) is 0.441.